The van der Waals surface area contributed by atoms with E-state index in [0.717, 1.165) is 13.0 Å². The van der Waals surface area contributed by atoms with E-state index in [-0.39, 0.29) is 5.41 Å². The maximum atomic E-state index is 10.2. The lowest BCUT2D eigenvalue weighted by atomic mass is 9.94. The van der Waals surface area contributed by atoms with Crippen LogP contribution in [0.1, 0.15) is 13.8 Å². The number of amides is 1. The molecule has 10 heavy (non-hydrogen) atoms. The standard InChI is InChI=1S/C8H15NO/c1-5-8(2,3)6-9(4)7-10/h5,7H,1,6H2,2-4H3. The number of hydrogen-bond acceptors (Lipinski definition) is 1. The Kier molecular flexibility index (Phi) is 3.13. The lowest BCUT2D eigenvalue weighted by Gasteiger charge is -2.24. The summed E-state index contributed by atoms with van der Waals surface area (Å²) in [5.74, 6) is 0. The third-order valence-corrected chi connectivity index (χ3v) is 1.39. The Morgan fingerprint density at radius 1 is 1.60 bits per heavy atom. The van der Waals surface area contributed by atoms with Gasteiger partial charge in [0.2, 0.25) is 6.41 Å². The Bertz CT molecular complexity index is 129. The molecule has 0 aliphatic heterocycles. The van der Waals surface area contributed by atoms with Gasteiger partial charge in [0.25, 0.3) is 0 Å². The largest absolute Gasteiger partial charge is 0.347 e. The molecule has 0 N–H and O–H groups in total. The number of rotatable bonds is 4. The molecule has 0 unspecified atom stereocenters. The van der Waals surface area contributed by atoms with Gasteiger partial charge in [-0.2, -0.15) is 0 Å². The predicted molar refractivity (Wildman–Crippen MR) is 42.7 cm³/mol. The first-order chi connectivity index (χ1) is 4.52. The van der Waals surface area contributed by atoms with E-state index in [1.165, 1.54) is 0 Å². The molecule has 0 aromatic carbocycles. The molecule has 0 aromatic heterocycles. The highest BCUT2D eigenvalue weighted by molar-refractivity contribution is 5.46. The van der Waals surface area contributed by atoms with Crippen LogP contribution >= 0.6 is 0 Å². The van der Waals surface area contributed by atoms with Crippen molar-refractivity contribution in [3.8, 4) is 0 Å². The Hall–Kier alpha value is -0.790. The van der Waals surface area contributed by atoms with Crippen LogP contribution in [0.25, 0.3) is 0 Å². The summed E-state index contributed by atoms with van der Waals surface area (Å²) in [7, 11) is 1.76. The van der Waals surface area contributed by atoms with E-state index in [1.807, 2.05) is 19.9 Å². The van der Waals surface area contributed by atoms with Crippen LogP contribution in [0.2, 0.25) is 0 Å². The molecule has 0 aromatic rings. The normalized spacial score (nSPS) is 10.7. The molecule has 0 spiro atoms. The Morgan fingerprint density at radius 2 is 2.10 bits per heavy atom. The molecule has 1 amide bonds. The third kappa shape index (κ3) is 3.28. The van der Waals surface area contributed by atoms with Crippen molar-refractivity contribution in [3.63, 3.8) is 0 Å². The molecule has 0 saturated carbocycles. The lowest BCUT2D eigenvalue weighted by molar-refractivity contribution is -0.117. The third-order valence-electron chi connectivity index (χ3n) is 1.39. The van der Waals surface area contributed by atoms with Gasteiger partial charge in [-0.15, -0.1) is 6.58 Å². The summed E-state index contributed by atoms with van der Waals surface area (Å²) < 4.78 is 0. The highest BCUT2D eigenvalue weighted by Gasteiger charge is 2.14. The molecule has 0 aliphatic rings. The topological polar surface area (TPSA) is 20.3 Å². The molecule has 0 fully saturated rings. The summed E-state index contributed by atoms with van der Waals surface area (Å²) in [5, 5.41) is 0. The van der Waals surface area contributed by atoms with Crippen molar-refractivity contribution < 1.29 is 4.79 Å². The van der Waals surface area contributed by atoms with E-state index < -0.39 is 0 Å². The van der Waals surface area contributed by atoms with Crippen molar-refractivity contribution in [1.82, 2.24) is 4.90 Å². The van der Waals surface area contributed by atoms with E-state index >= 15 is 0 Å². The minimum absolute atomic E-state index is 0.0235. The second-order valence-corrected chi connectivity index (χ2v) is 3.21. The molecule has 0 radical (unpaired) electrons. The number of carbonyl (C=O) groups is 1. The fourth-order valence-electron chi connectivity index (χ4n) is 0.745. The number of nitrogens with zero attached hydrogens (tertiary/aromatic N) is 1. The van der Waals surface area contributed by atoms with Gasteiger partial charge in [0, 0.05) is 13.6 Å². The fraction of sp³-hybridized carbons (Fsp3) is 0.625. The first-order valence-corrected chi connectivity index (χ1v) is 3.31. The van der Waals surface area contributed by atoms with Gasteiger partial charge in [0.05, 0.1) is 0 Å². The van der Waals surface area contributed by atoms with Crippen LogP contribution in [0.15, 0.2) is 12.7 Å². The van der Waals surface area contributed by atoms with Crippen LogP contribution < -0.4 is 0 Å². The van der Waals surface area contributed by atoms with E-state index in [4.69, 9.17) is 0 Å². The zero-order chi connectivity index (χ0) is 8.20. The molecular formula is C8H15NO. The zero-order valence-corrected chi connectivity index (χ0v) is 6.92. The van der Waals surface area contributed by atoms with Gasteiger partial charge in [-0.25, -0.2) is 0 Å². The summed E-state index contributed by atoms with van der Waals surface area (Å²) >= 11 is 0. The van der Waals surface area contributed by atoms with Gasteiger partial charge < -0.3 is 4.90 Å². The zero-order valence-electron chi connectivity index (χ0n) is 6.92. The second-order valence-electron chi connectivity index (χ2n) is 3.21. The molecule has 0 heterocycles. The van der Waals surface area contributed by atoms with Crippen molar-refractivity contribution in [2.75, 3.05) is 13.6 Å². The Morgan fingerprint density at radius 3 is 2.40 bits per heavy atom. The minimum Gasteiger partial charge on any atom is -0.347 e. The van der Waals surface area contributed by atoms with Gasteiger partial charge in [0.1, 0.15) is 0 Å². The number of hydrogen-bond donors (Lipinski definition) is 0. The minimum atomic E-state index is 0.0235. The van der Waals surface area contributed by atoms with Crippen LogP contribution in [0, 0.1) is 5.41 Å². The first-order valence-electron chi connectivity index (χ1n) is 3.31. The molecule has 2 nitrogen and oxygen atoms in total. The van der Waals surface area contributed by atoms with Crippen molar-refractivity contribution in [2.45, 2.75) is 13.8 Å². The molecule has 0 aliphatic carbocycles. The molecule has 2 heteroatoms. The quantitative estimate of drug-likeness (QED) is 0.426. The molecule has 0 rings (SSSR count). The van der Waals surface area contributed by atoms with Crippen molar-refractivity contribution in [3.05, 3.63) is 12.7 Å². The molecular weight excluding hydrogens is 126 g/mol. The summed E-state index contributed by atoms with van der Waals surface area (Å²) in [6.07, 6.45) is 2.68. The van der Waals surface area contributed by atoms with Crippen LogP contribution in [0.5, 0.6) is 0 Å². The van der Waals surface area contributed by atoms with Crippen molar-refractivity contribution in [2.24, 2.45) is 5.41 Å². The van der Waals surface area contributed by atoms with Crippen molar-refractivity contribution >= 4 is 6.41 Å². The molecule has 0 atom stereocenters. The van der Waals surface area contributed by atoms with E-state index in [2.05, 4.69) is 6.58 Å². The maximum Gasteiger partial charge on any atom is 0.209 e. The van der Waals surface area contributed by atoms with Crippen LogP contribution in [0.3, 0.4) is 0 Å². The van der Waals surface area contributed by atoms with Gasteiger partial charge in [0.15, 0.2) is 0 Å². The van der Waals surface area contributed by atoms with E-state index in [9.17, 15) is 4.79 Å². The molecule has 58 valence electrons. The van der Waals surface area contributed by atoms with E-state index in [0.29, 0.717) is 0 Å². The van der Waals surface area contributed by atoms with Gasteiger partial charge in [-0.3, -0.25) is 4.79 Å². The predicted octanol–water partition coefficient (Wildman–Crippen LogP) is 1.29. The second kappa shape index (κ2) is 3.40. The summed E-state index contributed by atoms with van der Waals surface area (Å²) in [6.45, 7) is 8.48. The van der Waals surface area contributed by atoms with Gasteiger partial charge in [-0.1, -0.05) is 19.9 Å². The Labute approximate surface area is 62.5 Å². The van der Waals surface area contributed by atoms with E-state index in [1.54, 1.807) is 11.9 Å². The maximum absolute atomic E-state index is 10.2. The number of carbonyl (C=O) groups excluding carboxylic acids is 1. The lowest BCUT2D eigenvalue weighted by Crippen LogP contribution is -2.28. The highest BCUT2D eigenvalue weighted by atomic mass is 16.1. The average Bonchev–Trinajstić information content (AvgIpc) is 1.87. The van der Waals surface area contributed by atoms with Crippen LogP contribution in [-0.2, 0) is 4.79 Å². The van der Waals surface area contributed by atoms with Gasteiger partial charge >= 0.3 is 0 Å². The molecule has 0 saturated heterocycles. The first kappa shape index (κ1) is 9.21. The fourth-order valence-corrected chi connectivity index (χ4v) is 0.745. The average molecular weight is 141 g/mol. The van der Waals surface area contributed by atoms with Gasteiger partial charge in [-0.05, 0) is 5.41 Å². The summed E-state index contributed by atoms with van der Waals surface area (Å²) in [6, 6.07) is 0. The highest BCUT2D eigenvalue weighted by Crippen LogP contribution is 2.15. The van der Waals surface area contributed by atoms with Crippen LogP contribution in [0.4, 0.5) is 0 Å². The SMILES string of the molecule is C=CC(C)(C)CN(C)C=O. The van der Waals surface area contributed by atoms with Crippen molar-refractivity contribution in [1.29, 1.82) is 0 Å². The summed E-state index contributed by atoms with van der Waals surface area (Å²) in [4.78, 5) is 11.8. The summed E-state index contributed by atoms with van der Waals surface area (Å²) in [5.41, 5.74) is 0.0235. The Balaban J connectivity index is 3.86. The monoisotopic (exact) mass is 141 g/mol. The smallest absolute Gasteiger partial charge is 0.209 e. The molecule has 0 bridgehead atoms. The van der Waals surface area contributed by atoms with Crippen LogP contribution in [-0.4, -0.2) is 24.9 Å².